The third kappa shape index (κ3) is 3.44. The second-order valence-corrected chi connectivity index (χ2v) is 4.89. The molecule has 2 aromatic heterocycles. The molecule has 1 N–H and O–H groups in total. The largest absolute Gasteiger partial charge is 0.375 e. The zero-order valence-corrected chi connectivity index (χ0v) is 12.6. The van der Waals surface area contributed by atoms with Crippen LogP contribution in [0.15, 0.2) is 60.9 Å². The van der Waals surface area contributed by atoms with Gasteiger partial charge >= 0.3 is 0 Å². The fourth-order valence-corrected chi connectivity index (χ4v) is 2.20. The molecule has 0 aliphatic heterocycles. The topological polar surface area (TPSA) is 69.0 Å². The Bertz CT molecular complexity index is 785. The van der Waals surface area contributed by atoms with Crippen LogP contribution in [0.5, 0.6) is 0 Å². The lowest BCUT2D eigenvalue weighted by Gasteiger charge is -2.08. The zero-order valence-electron chi connectivity index (χ0n) is 12.6. The van der Waals surface area contributed by atoms with Gasteiger partial charge in [-0.25, -0.2) is 4.68 Å². The first-order valence-electron chi connectivity index (χ1n) is 7.12. The summed E-state index contributed by atoms with van der Waals surface area (Å²) in [5.74, 6) is 0.347. The van der Waals surface area contributed by atoms with E-state index in [-0.39, 0.29) is 12.5 Å². The molecular formula is C17H16N4O2. The molecule has 0 atom stereocenters. The van der Waals surface area contributed by atoms with Crippen molar-refractivity contribution >= 4 is 11.7 Å². The number of hydrogen-bond acceptors (Lipinski definition) is 4. The van der Waals surface area contributed by atoms with Gasteiger partial charge in [-0.1, -0.05) is 18.2 Å². The molecule has 0 radical (unpaired) electrons. The van der Waals surface area contributed by atoms with Crippen LogP contribution in [0.1, 0.15) is 0 Å². The molecule has 23 heavy (non-hydrogen) atoms. The second kappa shape index (κ2) is 6.85. The molecule has 116 valence electrons. The van der Waals surface area contributed by atoms with Gasteiger partial charge in [-0.3, -0.25) is 9.78 Å². The number of amides is 1. The molecule has 0 spiro atoms. The Kier molecular flexibility index (Phi) is 4.44. The van der Waals surface area contributed by atoms with Gasteiger partial charge in [0.15, 0.2) is 0 Å². The normalized spacial score (nSPS) is 10.5. The average Bonchev–Trinajstić information content (AvgIpc) is 3.00. The smallest absolute Gasteiger partial charge is 0.251 e. The SMILES string of the molecule is COCC(=O)Nc1cc(-c2cccnc2)nn1-c1ccccc1. The van der Waals surface area contributed by atoms with Crippen LogP contribution in [0.3, 0.4) is 0 Å². The minimum Gasteiger partial charge on any atom is -0.375 e. The number of benzene rings is 1. The maximum absolute atomic E-state index is 11.9. The van der Waals surface area contributed by atoms with E-state index in [1.54, 1.807) is 17.1 Å². The molecule has 2 heterocycles. The van der Waals surface area contributed by atoms with Gasteiger partial charge in [0, 0.05) is 31.1 Å². The number of anilines is 1. The number of aromatic nitrogens is 3. The number of para-hydroxylation sites is 1. The number of carbonyl (C=O) groups excluding carboxylic acids is 1. The first-order valence-corrected chi connectivity index (χ1v) is 7.12. The number of nitrogens with one attached hydrogen (secondary N) is 1. The first kappa shape index (κ1) is 14.9. The Morgan fingerprint density at radius 2 is 2.04 bits per heavy atom. The summed E-state index contributed by atoms with van der Waals surface area (Å²) in [7, 11) is 1.48. The van der Waals surface area contributed by atoms with Gasteiger partial charge in [0.25, 0.3) is 5.91 Å². The van der Waals surface area contributed by atoms with Crippen molar-refractivity contribution in [3.05, 3.63) is 60.9 Å². The highest BCUT2D eigenvalue weighted by Gasteiger charge is 2.13. The van der Waals surface area contributed by atoms with E-state index in [9.17, 15) is 4.79 Å². The van der Waals surface area contributed by atoms with E-state index in [4.69, 9.17) is 4.74 Å². The van der Waals surface area contributed by atoms with E-state index in [1.807, 2.05) is 48.5 Å². The van der Waals surface area contributed by atoms with Crippen LogP contribution in [-0.2, 0) is 9.53 Å². The van der Waals surface area contributed by atoms with E-state index in [2.05, 4.69) is 15.4 Å². The summed E-state index contributed by atoms with van der Waals surface area (Å²) in [5, 5.41) is 7.40. The number of rotatable bonds is 5. The molecular weight excluding hydrogens is 292 g/mol. The van der Waals surface area contributed by atoms with Crippen molar-refractivity contribution in [1.29, 1.82) is 0 Å². The maximum atomic E-state index is 11.9. The van der Waals surface area contributed by atoms with E-state index in [1.165, 1.54) is 7.11 Å². The molecule has 0 saturated heterocycles. The number of carbonyl (C=O) groups is 1. The fourth-order valence-electron chi connectivity index (χ4n) is 2.20. The average molecular weight is 308 g/mol. The lowest BCUT2D eigenvalue weighted by atomic mass is 10.2. The molecule has 1 aromatic carbocycles. The molecule has 3 aromatic rings. The summed E-state index contributed by atoms with van der Waals surface area (Å²) < 4.78 is 6.55. The van der Waals surface area contributed by atoms with Gasteiger partial charge in [-0.05, 0) is 24.3 Å². The summed E-state index contributed by atoms with van der Waals surface area (Å²) in [6.07, 6.45) is 3.44. The van der Waals surface area contributed by atoms with Gasteiger partial charge in [0.2, 0.25) is 0 Å². The fraction of sp³-hybridized carbons (Fsp3) is 0.118. The summed E-state index contributed by atoms with van der Waals surface area (Å²) in [6, 6.07) is 15.2. The molecule has 0 unspecified atom stereocenters. The predicted molar refractivity (Wildman–Crippen MR) is 87.3 cm³/mol. The summed E-state index contributed by atoms with van der Waals surface area (Å²) in [4.78, 5) is 16.0. The Hall–Kier alpha value is -2.99. The van der Waals surface area contributed by atoms with Gasteiger partial charge in [0.1, 0.15) is 12.4 Å². The van der Waals surface area contributed by atoms with Crippen molar-refractivity contribution in [1.82, 2.24) is 14.8 Å². The summed E-state index contributed by atoms with van der Waals surface area (Å²) in [6.45, 7) is -0.0117. The molecule has 0 saturated carbocycles. The Morgan fingerprint density at radius 1 is 1.22 bits per heavy atom. The first-order chi connectivity index (χ1) is 11.3. The van der Waals surface area contributed by atoms with Crippen LogP contribution in [0, 0.1) is 0 Å². The lowest BCUT2D eigenvalue weighted by Crippen LogP contribution is -2.19. The maximum Gasteiger partial charge on any atom is 0.251 e. The molecule has 6 heteroatoms. The summed E-state index contributed by atoms with van der Waals surface area (Å²) >= 11 is 0. The highest BCUT2D eigenvalue weighted by atomic mass is 16.5. The van der Waals surface area contributed by atoms with Crippen LogP contribution in [0.2, 0.25) is 0 Å². The van der Waals surface area contributed by atoms with Crippen LogP contribution < -0.4 is 5.32 Å². The summed E-state index contributed by atoms with van der Waals surface area (Å²) in [5.41, 5.74) is 2.47. The zero-order chi connectivity index (χ0) is 16.1. The van der Waals surface area contributed by atoms with Crippen molar-refractivity contribution in [2.45, 2.75) is 0 Å². The van der Waals surface area contributed by atoms with E-state index < -0.39 is 0 Å². The lowest BCUT2D eigenvalue weighted by molar-refractivity contribution is -0.119. The number of ether oxygens (including phenoxy) is 1. The number of pyridine rings is 1. The molecule has 6 nitrogen and oxygen atoms in total. The van der Waals surface area contributed by atoms with Crippen LogP contribution in [-0.4, -0.2) is 34.4 Å². The Balaban J connectivity index is 2.02. The van der Waals surface area contributed by atoms with Gasteiger partial charge < -0.3 is 10.1 Å². The molecule has 0 fully saturated rings. The van der Waals surface area contributed by atoms with Crippen molar-refractivity contribution in [3.8, 4) is 16.9 Å². The van der Waals surface area contributed by atoms with Gasteiger partial charge in [-0.2, -0.15) is 5.10 Å². The Morgan fingerprint density at radius 3 is 2.74 bits per heavy atom. The third-order valence-electron chi connectivity index (χ3n) is 3.21. The van der Waals surface area contributed by atoms with E-state index >= 15 is 0 Å². The Labute approximate surface area is 133 Å². The quantitative estimate of drug-likeness (QED) is 0.786. The predicted octanol–water partition coefficient (Wildman–Crippen LogP) is 2.52. The standard InChI is InChI=1S/C17H16N4O2/c1-23-12-17(22)19-16-10-15(13-6-5-9-18-11-13)20-21(16)14-7-3-2-4-8-14/h2-11H,12H2,1H3,(H,19,22). The van der Waals surface area contributed by atoms with Crippen LogP contribution >= 0.6 is 0 Å². The number of hydrogen-bond donors (Lipinski definition) is 1. The molecule has 0 aliphatic rings. The minimum atomic E-state index is -0.234. The van der Waals surface area contributed by atoms with Crippen molar-refractivity contribution in [2.75, 3.05) is 19.0 Å². The van der Waals surface area contributed by atoms with Crippen molar-refractivity contribution < 1.29 is 9.53 Å². The molecule has 1 amide bonds. The number of methoxy groups -OCH3 is 1. The highest BCUT2D eigenvalue weighted by molar-refractivity contribution is 5.91. The minimum absolute atomic E-state index is 0.0117. The highest BCUT2D eigenvalue weighted by Crippen LogP contribution is 2.24. The van der Waals surface area contributed by atoms with Gasteiger partial charge in [0.05, 0.1) is 11.4 Å². The monoisotopic (exact) mass is 308 g/mol. The van der Waals surface area contributed by atoms with Crippen molar-refractivity contribution in [3.63, 3.8) is 0 Å². The second-order valence-electron chi connectivity index (χ2n) is 4.89. The molecule has 0 bridgehead atoms. The van der Waals surface area contributed by atoms with Crippen molar-refractivity contribution in [2.24, 2.45) is 0 Å². The van der Waals surface area contributed by atoms with E-state index in [0.29, 0.717) is 5.82 Å². The van der Waals surface area contributed by atoms with Crippen LogP contribution in [0.4, 0.5) is 5.82 Å². The third-order valence-corrected chi connectivity index (χ3v) is 3.21. The number of nitrogens with zero attached hydrogens (tertiary/aromatic N) is 3. The molecule has 3 rings (SSSR count). The molecule has 0 aliphatic carbocycles. The van der Waals surface area contributed by atoms with E-state index in [0.717, 1.165) is 16.9 Å². The van der Waals surface area contributed by atoms with Gasteiger partial charge in [-0.15, -0.1) is 0 Å². The van der Waals surface area contributed by atoms with Crippen LogP contribution in [0.25, 0.3) is 16.9 Å².